The summed E-state index contributed by atoms with van der Waals surface area (Å²) in [6, 6.07) is 5.82. The van der Waals surface area contributed by atoms with Crippen molar-refractivity contribution in [3.63, 3.8) is 0 Å². The Bertz CT molecular complexity index is 834. The Kier molecular flexibility index (Phi) is 2.44. The quantitative estimate of drug-likeness (QED) is 0.541. The Hall–Kier alpha value is -2.57. The molecular formula is C14H11F2N5. The molecule has 7 heteroatoms. The predicted molar refractivity (Wildman–Crippen MR) is 71.4 cm³/mol. The smallest absolute Gasteiger partial charge is 0.282 e. The molecule has 0 bridgehead atoms. The Morgan fingerprint density at radius 1 is 1.24 bits per heavy atom. The average molecular weight is 287 g/mol. The number of imidazole rings is 1. The Balaban J connectivity index is 2.07. The van der Waals surface area contributed by atoms with Crippen LogP contribution in [0.1, 0.15) is 23.4 Å². The van der Waals surface area contributed by atoms with Crippen molar-refractivity contribution in [2.24, 2.45) is 0 Å². The molecular weight excluding hydrogens is 276 g/mol. The average Bonchev–Trinajstić information content (AvgIpc) is 3.04. The first-order valence-electron chi connectivity index (χ1n) is 6.48. The zero-order valence-electron chi connectivity index (χ0n) is 11.2. The van der Waals surface area contributed by atoms with Gasteiger partial charge in [-0.2, -0.15) is 5.10 Å². The summed E-state index contributed by atoms with van der Waals surface area (Å²) in [5.74, 6) is 0.678. The topological polar surface area (TPSA) is 48.5 Å². The number of nitrogens with zero attached hydrogens (tertiary/aromatic N) is 5. The molecule has 4 rings (SSSR count). The minimum atomic E-state index is -2.61. The van der Waals surface area contributed by atoms with E-state index in [0.29, 0.717) is 11.5 Å². The number of aryl methyl sites for hydroxylation is 1. The molecule has 0 saturated carbocycles. The van der Waals surface area contributed by atoms with Crippen LogP contribution >= 0.6 is 0 Å². The van der Waals surface area contributed by atoms with E-state index in [-0.39, 0.29) is 12.2 Å². The Morgan fingerprint density at radius 3 is 2.90 bits per heavy atom. The molecule has 0 amide bonds. The van der Waals surface area contributed by atoms with Gasteiger partial charge < -0.3 is 4.57 Å². The first-order chi connectivity index (χ1) is 10.1. The van der Waals surface area contributed by atoms with E-state index in [1.807, 2.05) is 25.1 Å². The lowest BCUT2D eigenvalue weighted by molar-refractivity contribution is 0.145. The van der Waals surface area contributed by atoms with E-state index in [0.717, 1.165) is 16.8 Å². The highest BCUT2D eigenvalue weighted by molar-refractivity contribution is 5.70. The summed E-state index contributed by atoms with van der Waals surface area (Å²) in [7, 11) is 0. The highest BCUT2D eigenvalue weighted by atomic mass is 19.3. The third-order valence-corrected chi connectivity index (χ3v) is 3.67. The van der Waals surface area contributed by atoms with E-state index >= 15 is 0 Å². The van der Waals surface area contributed by atoms with E-state index in [1.54, 1.807) is 9.25 Å². The molecule has 0 N–H and O–H groups in total. The molecule has 0 aliphatic carbocycles. The van der Waals surface area contributed by atoms with E-state index < -0.39 is 6.43 Å². The number of halogens is 2. The second-order valence-electron chi connectivity index (χ2n) is 5.01. The van der Waals surface area contributed by atoms with E-state index in [4.69, 9.17) is 0 Å². The maximum absolute atomic E-state index is 13.1. The number of rotatable bonds is 1. The van der Waals surface area contributed by atoms with Gasteiger partial charge in [-0.1, -0.05) is 11.6 Å². The monoisotopic (exact) mass is 287 g/mol. The second kappa shape index (κ2) is 4.21. The summed E-state index contributed by atoms with van der Waals surface area (Å²) in [5.41, 5.74) is 2.97. The molecule has 21 heavy (non-hydrogen) atoms. The first-order valence-corrected chi connectivity index (χ1v) is 6.48. The highest BCUT2D eigenvalue weighted by Gasteiger charge is 2.26. The third kappa shape index (κ3) is 1.70. The molecule has 1 aliphatic rings. The van der Waals surface area contributed by atoms with Crippen LogP contribution in [0.3, 0.4) is 0 Å². The molecule has 0 atom stereocenters. The van der Waals surface area contributed by atoms with Crippen LogP contribution in [0.2, 0.25) is 0 Å². The number of benzene rings is 1. The minimum Gasteiger partial charge on any atom is -0.300 e. The van der Waals surface area contributed by atoms with Crippen molar-refractivity contribution in [3.8, 4) is 17.1 Å². The van der Waals surface area contributed by atoms with Crippen LogP contribution in [0.4, 0.5) is 8.78 Å². The number of alkyl halides is 2. The van der Waals surface area contributed by atoms with E-state index in [2.05, 4.69) is 15.1 Å². The van der Waals surface area contributed by atoms with Gasteiger partial charge in [0, 0.05) is 5.56 Å². The van der Waals surface area contributed by atoms with Crippen LogP contribution in [-0.2, 0) is 6.54 Å². The molecule has 3 heterocycles. The van der Waals surface area contributed by atoms with Gasteiger partial charge in [0.15, 0.2) is 5.82 Å². The van der Waals surface area contributed by atoms with E-state index in [1.165, 1.54) is 12.7 Å². The second-order valence-corrected chi connectivity index (χ2v) is 5.01. The number of aromatic nitrogens is 5. The van der Waals surface area contributed by atoms with Gasteiger partial charge in [-0.25, -0.2) is 23.4 Å². The zero-order valence-corrected chi connectivity index (χ0v) is 11.2. The van der Waals surface area contributed by atoms with Crippen LogP contribution in [0.25, 0.3) is 17.1 Å². The minimum absolute atomic E-state index is 0.204. The molecule has 0 radical (unpaired) electrons. The van der Waals surface area contributed by atoms with Crippen molar-refractivity contribution in [2.75, 3.05) is 0 Å². The lowest BCUT2D eigenvalue weighted by atomic mass is 10.1. The molecule has 0 saturated heterocycles. The van der Waals surface area contributed by atoms with Crippen molar-refractivity contribution < 1.29 is 8.78 Å². The van der Waals surface area contributed by atoms with Crippen LogP contribution in [0, 0.1) is 6.92 Å². The molecule has 0 spiro atoms. The molecule has 0 fully saturated rings. The molecule has 3 aromatic rings. The summed E-state index contributed by atoms with van der Waals surface area (Å²) >= 11 is 0. The SMILES string of the molecule is Cc1ccc2c(c1)-c1ncnn1Cc1c(C(F)F)ncn1-2. The van der Waals surface area contributed by atoms with Crippen LogP contribution in [0.15, 0.2) is 30.9 Å². The number of hydrogen-bond acceptors (Lipinski definition) is 3. The first kappa shape index (κ1) is 12.2. The summed E-state index contributed by atoms with van der Waals surface area (Å²) in [6.07, 6.45) is 0.271. The van der Waals surface area contributed by atoms with E-state index in [9.17, 15) is 8.78 Å². The third-order valence-electron chi connectivity index (χ3n) is 3.67. The highest BCUT2D eigenvalue weighted by Crippen LogP contribution is 2.33. The van der Waals surface area contributed by atoms with Gasteiger partial charge >= 0.3 is 0 Å². The van der Waals surface area contributed by atoms with Crippen LogP contribution in [0.5, 0.6) is 0 Å². The molecule has 1 aliphatic heterocycles. The van der Waals surface area contributed by atoms with Gasteiger partial charge in [0.05, 0.1) is 17.9 Å². The van der Waals surface area contributed by atoms with Gasteiger partial charge in [-0.15, -0.1) is 0 Å². The van der Waals surface area contributed by atoms with Crippen molar-refractivity contribution in [1.29, 1.82) is 0 Å². The molecule has 2 aromatic heterocycles. The number of fused-ring (bicyclic) bond motifs is 5. The number of hydrogen-bond donors (Lipinski definition) is 0. The fraction of sp³-hybridized carbons (Fsp3) is 0.214. The summed E-state index contributed by atoms with van der Waals surface area (Å²) in [5, 5.41) is 4.14. The normalized spacial score (nSPS) is 12.8. The van der Waals surface area contributed by atoms with Gasteiger partial charge in [0.2, 0.25) is 0 Å². The molecule has 1 aromatic carbocycles. The molecule has 0 unspecified atom stereocenters. The lowest BCUT2D eigenvalue weighted by Crippen LogP contribution is -2.07. The molecule has 106 valence electrons. The van der Waals surface area contributed by atoms with Crippen molar-refractivity contribution >= 4 is 0 Å². The zero-order chi connectivity index (χ0) is 14.6. The lowest BCUT2D eigenvalue weighted by Gasteiger charge is -2.09. The van der Waals surface area contributed by atoms with Gasteiger partial charge in [-0.05, 0) is 19.1 Å². The largest absolute Gasteiger partial charge is 0.300 e. The summed E-state index contributed by atoms with van der Waals surface area (Å²) < 4.78 is 29.6. The van der Waals surface area contributed by atoms with Crippen molar-refractivity contribution in [3.05, 3.63) is 47.8 Å². The van der Waals surface area contributed by atoms with Gasteiger partial charge in [0.1, 0.15) is 18.3 Å². The Morgan fingerprint density at radius 2 is 2.10 bits per heavy atom. The predicted octanol–water partition coefficient (Wildman–Crippen LogP) is 2.74. The summed E-state index contributed by atoms with van der Waals surface area (Å²) in [6.45, 7) is 2.20. The fourth-order valence-corrected chi connectivity index (χ4v) is 2.70. The van der Waals surface area contributed by atoms with Crippen LogP contribution < -0.4 is 0 Å². The van der Waals surface area contributed by atoms with Crippen LogP contribution in [-0.4, -0.2) is 24.3 Å². The fourth-order valence-electron chi connectivity index (χ4n) is 2.70. The summed E-state index contributed by atoms with van der Waals surface area (Å²) in [4.78, 5) is 8.14. The standard InChI is InChI=1S/C14H11F2N5/c1-8-2-3-10-9(4-8)14-17-6-19-21(14)5-11-12(13(15)16)18-7-20(10)11/h2-4,6-7,13H,5H2,1H3. The van der Waals surface area contributed by atoms with Gasteiger partial charge in [-0.3, -0.25) is 0 Å². The van der Waals surface area contributed by atoms with Crippen molar-refractivity contribution in [1.82, 2.24) is 24.3 Å². The molecule has 5 nitrogen and oxygen atoms in total. The maximum Gasteiger partial charge on any atom is 0.282 e. The Labute approximate surface area is 118 Å². The maximum atomic E-state index is 13.1. The van der Waals surface area contributed by atoms with Crippen molar-refractivity contribution in [2.45, 2.75) is 19.9 Å². The van der Waals surface area contributed by atoms with Gasteiger partial charge in [0.25, 0.3) is 6.43 Å².